The van der Waals surface area contributed by atoms with Crippen molar-refractivity contribution in [3.63, 3.8) is 0 Å². The first-order valence-electron chi connectivity index (χ1n) is 3.82. The smallest absolute Gasteiger partial charge is 0.238 e. The summed E-state index contributed by atoms with van der Waals surface area (Å²) >= 11 is 6.03. The van der Waals surface area contributed by atoms with E-state index in [1.165, 1.54) is 16.8 Å². The maximum atomic E-state index is 11.6. The number of hydrogen-bond acceptors (Lipinski definition) is 5. The third kappa shape index (κ3) is 2.24. The maximum absolute atomic E-state index is 11.6. The first kappa shape index (κ1) is 11.0. The lowest BCUT2D eigenvalue weighted by atomic mass is 9.92. The maximum Gasteiger partial charge on any atom is 0.238 e. The summed E-state index contributed by atoms with van der Waals surface area (Å²) in [6.45, 7) is 3.32. The Labute approximate surface area is 90.7 Å². The lowest BCUT2D eigenvalue weighted by molar-refractivity contribution is -0.121. The zero-order valence-electron chi connectivity index (χ0n) is 7.77. The minimum atomic E-state index is -0.874. The summed E-state index contributed by atoms with van der Waals surface area (Å²) in [4.78, 5) is 11.8. The Morgan fingerprint density at radius 2 is 2.36 bits per heavy atom. The first-order chi connectivity index (χ1) is 6.44. The molecule has 0 atom stereocenters. The summed E-state index contributed by atoms with van der Waals surface area (Å²) in [6.07, 6.45) is 0. The molecular weight excluding hydrogens is 220 g/mol. The van der Waals surface area contributed by atoms with Gasteiger partial charge in [0.2, 0.25) is 11.0 Å². The van der Waals surface area contributed by atoms with Crippen LogP contribution in [0.4, 0.5) is 5.13 Å². The molecule has 5 nitrogen and oxygen atoms in total. The highest BCUT2D eigenvalue weighted by atomic mass is 32.1. The number of thiocarbonyl (C=S) groups is 1. The molecule has 0 fully saturated rings. The van der Waals surface area contributed by atoms with E-state index < -0.39 is 5.41 Å². The Morgan fingerprint density at radius 3 is 2.79 bits per heavy atom. The van der Waals surface area contributed by atoms with Crippen molar-refractivity contribution in [1.82, 2.24) is 10.2 Å². The molecule has 1 amide bonds. The van der Waals surface area contributed by atoms with Gasteiger partial charge in [-0.1, -0.05) is 23.6 Å². The summed E-state index contributed by atoms with van der Waals surface area (Å²) in [7, 11) is 0. The molecule has 0 radical (unpaired) electrons. The number of nitrogens with one attached hydrogen (secondary N) is 1. The molecule has 1 aromatic rings. The van der Waals surface area contributed by atoms with Gasteiger partial charge in [0, 0.05) is 0 Å². The number of carbonyl (C=O) groups excluding carboxylic acids is 1. The van der Waals surface area contributed by atoms with E-state index in [-0.39, 0.29) is 10.9 Å². The average Bonchev–Trinajstić information content (AvgIpc) is 2.56. The number of anilines is 1. The summed E-state index contributed by atoms with van der Waals surface area (Å²) in [5.74, 6) is -0.276. The number of aromatic nitrogens is 2. The van der Waals surface area contributed by atoms with Crippen molar-refractivity contribution in [2.24, 2.45) is 11.1 Å². The highest BCUT2D eigenvalue weighted by molar-refractivity contribution is 7.80. The zero-order chi connectivity index (χ0) is 10.8. The number of nitrogens with zero attached hydrogens (tertiary/aromatic N) is 2. The molecule has 76 valence electrons. The van der Waals surface area contributed by atoms with Gasteiger partial charge < -0.3 is 5.73 Å². The van der Waals surface area contributed by atoms with Gasteiger partial charge in [-0.3, -0.25) is 10.1 Å². The van der Waals surface area contributed by atoms with Gasteiger partial charge in [0.05, 0.1) is 10.4 Å². The normalized spacial score (nSPS) is 11.0. The Balaban J connectivity index is 2.72. The third-order valence-electron chi connectivity index (χ3n) is 1.76. The lowest BCUT2D eigenvalue weighted by Crippen LogP contribution is -2.41. The van der Waals surface area contributed by atoms with Crippen LogP contribution in [0.2, 0.25) is 0 Å². The van der Waals surface area contributed by atoms with Gasteiger partial charge in [0.1, 0.15) is 5.51 Å². The predicted molar refractivity (Wildman–Crippen MR) is 59.1 cm³/mol. The summed E-state index contributed by atoms with van der Waals surface area (Å²) in [5.41, 5.74) is 6.10. The number of hydrogen-bond donors (Lipinski definition) is 2. The summed E-state index contributed by atoms with van der Waals surface area (Å²) < 4.78 is 0. The van der Waals surface area contributed by atoms with Crippen molar-refractivity contribution < 1.29 is 4.79 Å². The molecule has 3 N–H and O–H groups in total. The predicted octanol–water partition coefficient (Wildman–Crippen LogP) is 0.789. The molecule has 1 heterocycles. The highest BCUT2D eigenvalue weighted by Gasteiger charge is 2.31. The second-order valence-electron chi connectivity index (χ2n) is 3.19. The fraction of sp³-hybridized carbons (Fsp3) is 0.429. The van der Waals surface area contributed by atoms with Crippen LogP contribution >= 0.6 is 23.6 Å². The SMILES string of the molecule is CC(C)(C(=O)Nc1nncs1)C(N)=S. The van der Waals surface area contributed by atoms with E-state index in [2.05, 4.69) is 15.5 Å². The topological polar surface area (TPSA) is 80.9 Å². The van der Waals surface area contributed by atoms with Crippen LogP contribution in [0.25, 0.3) is 0 Å². The molecule has 0 saturated carbocycles. The fourth-order valence-corrected chi connectivity index (χ4v) is 1.13. The van der Waals surface area contributed by atoms with Crippen LogP contribution in [0.15, 0.2) is 5.51 Å². The number of rotatable bonds is 3. The second-order valence-corrected chi connectivity index (χ2v) is 4.46. The molecule has 0 saturated heterocycles. The number of carbonyl (C=O) groups is 1. The van der Waals surface area contributed by atoms with Gasteiger partial charge in [-0.15, -0.1) is 10.2 Å². The van der Waals surface area contributed by atoms with Crippen LogP contribution in [0.3, 0.4) is 0 Å². The van der Waals surface area contributed by atoms with Crippen molar-refractivity contribution in [2.75, 3.05) is 5.32 Å². The molecule has 0 aromatic carbocycles. The summed E-state index contributed by atoms with van der Waals surface area (Å²) in [5, 5.41) is 10.3. The lowest BCUT2D eigenvalue weighted by Gasteiger charge is -2.20. The van der Waals surface area contributed by atoms with E-state index in [0.29, 0.717) is 5.13 Å². The Bertz CT molecular complexity index is 347. The van der Waals surface area contributed by atoms with Gasteiger partial charge in [0.25, 0.3) is 0 Å². The zero-order valence-corrected chi connectivity index (χ0v) is 9.41. The third-order valence-corrected chi connectivity index (χ3v) is 2.88. The van der Waals surface area contributed by atoms with Crippen LogP contribution in [-0.4, -0.2) is 21.1 Å². The number of amides is 1. The molecular formula is C7H10N4OS2. The molecule has 14 heavy (non-hydrogen) atoms. The van der Waals surface area contributed by atoms with Gasteiger partial charge in [0.15, 0.2) is 0 Å². The first-order valence-corrected chi connectivity index (χ1v) is 5.11. The van der Waals surface area contributed by atoms with Crippen molar-refractivity contribution in [3.05, 3.63) is 5.51 Å². The largest absolute Gasteiger partial charge is 0.392 e. The second kappa shape index (κ2) is 3.97. The molecule has 1 rings (SSSR count). The van der Waals surface area contributed by atoms with Crippen molar-refractivity contribution in [3.8, 4) is 0 Å². The standard InChI is InChI=1S/C7H10N4OS2/c1-7(2,4(8)13)5(12)10-6-11-9-3-14-6/h3H,1-2H3,(H2,8,13)(H,10,11,12). The Kier molecular flexibility index (Phi) is 3.12. The van der Waals surface area contributed by atoms with Gasteiger partial charge in [-0.05, 0) is 13.8 Å². The molecule has 0 aliphatic heterocycles. The van der Waals surface area contributed by atoms with Crippen LogP contribution in [0, 0.1) is 5.41 Å². The van der Waals surface area contributed by atoms with Crippen LogP contribution in [0.1, 0.15) is 13.8 Å². The van der Waals surface area contributed by atoms with E-state index in [9.17, 15) is 4.79 Å². The van der Waals surface area contributed by atoms with Crippen molar-refractivity contribution >= 4 is 39.6 Å². The molecule has 0 spiro atoms. The van der Waals surface area contributed by atoms with Gasteiger partial charge in [-0.25, -0.2) is 0 Å². The monoisotopic (exact) mass is 230 g/mol. The number of nitrogens with two attached hydrogens (primary N) is 1. The van der Waals surface area contributed by atoms with Crippen LogP contribution in [-0.2, 0) is 4.79 Å². The average molecular weight is 230 g/mol. The molecule has 0 bridgehead atoms. The highest BCUT2D eigenvalue weighted by Crippen LogP contribution is 2.19. The van der Waals surface area contributed by atoms with E-state index in [1.54, 1.807) is 13.8 Å². The minimum absolute atomic E-state index is 0.152. The molecule has 0 aliphatic rings. The molecule has 7 heteroatoms. The van der Waals surface area contributed by atoms with Crippen LogP contribution in [0.5, 0.6) is 0 Å². The van der Waals surface area contributed by atoms with E-state index >= 15 is 0 Å². The van der Waals surface area contributed by atoms with E-state index in [4.69, 9.17) is 18.0 Å². The van der Waals surface area contributed by atoms with Gasteiger partial charge >= 0.3 is 0 Å². The van der Waals surface area contributed by atoms with E-state index in [0.717, 1.165) is 0 Å². The van der Waals surface area contributed by atoms with Gasteiger partial charge in [-0.2, -0.15) is 0 Å². The Morgan fingerprint density at radius 1 is 1.71 bits per heavy atom. The molecule has 1 aromatic heterocycles. The minimum Gasteiger partial charge on any atom is -0.392 e. The summed E-state index contributed by atoms with van der Waals surface area (Å²) in [6, 6.07) is 0. The van der Waals surface area contributed by atoms with Crippen molar-refractivity contribution in [1.29, 1.82) is 0 Å². The Hall–Kier alpha value is -1.08. The fourth-order valence-electron chi connectivity index (χ4n) is 0.593. The molecule has 0 aliphatic carbocycles. The van der Waals surface area contributed by atoms with Crippen molar-refractivity contribution in [2.45, 2.75) is 13.8 Å². The van der Waals surface area contributed by atoms with Crippen LogP contribution < -0.4 is 11.1 Å². The quantitative estimate of drug-likeness (QED) is 0.750. The van der Waals surface area contributed by atoms with E-state index in [1.807, 2.05) is 0 Å². The molecule has 0 unspecified atom stereocenters.